The van der Waals surface area contributed by atoms with Gasteiger partial charge < -0.3 is 10.3 Å². The van der Waals surface area contributed by atoms with Crippen molar-refractivity contribution >= 4 is 15.7 Å². The molecule has 8 heteroatoms. The van der Waals surface area contributed by atoms with Crippen LogP contribution in [-0.2, 0) is 23.1 Å². The molecule has 0 aliphatic carbocycles. The van der Waals surface area contributed by atoms with Crippen LogP contribution in [0.1, 0.15) is 18.3 Å². The Labute approximate surface area is 122 Å². The second kappa shape index (κ2) is 5.82. The average molecular weight is 312 g/mol. The summed E-state index contributed by atoms with van der Waals surface area (Å²) in [4.78, 5) is 4.03. The van der Waals surface area contributed by atoms with Crippen molar-refractivity contribution in [2.75, 3.05) is 4.72 Å². The Bertz CT molecular complexity index is 756. The number of aryl methyl sites for hydroxylation is 2. The van der Waals surface area contributed by atoms with E-state index in [1.54, 1.807) is 11.5 Å². The predicted octanol–water partition coefficient (Wildman–Crippen LogP) is 1.61. The van der Waals surface area contributed by atoms with Crippen molar-refractivity contribution in [3.8, 4) is 0 Å². The smallest absolute Gasteiger partial charge is 0.280 e. The zero-order valence-electron chi connectivity index (χ0n) is 11.8. The molecule has 1 heterocycles. The molecule has 2 aromatic rings. The number of imidazole rings is 1. The zero-order chi connectivity index (χ0) is 15.6. The maximum absolute atomic E-state index is 13.1. The second-order valence-electron chi connectivity index (χ2n) is 4.52. The van der Waals surface area contributed by atoms with E-state index in [0.717, 1.165) is 0 Å². The number of rotatable bonds is 5. The predicted molar refractivity (Wildman–Crippen MR) is 77.7 cm³/mol. The fourth-order valence-corrected chi connectivity index (χ4v) is 3.07. The lowest BCUT2D eigenvalue weighted by molar-refractivity contribution is 0.597. The largest absolute Gasteiger partial charge is 0.334 e. The monoisotopic (exact) mass is 312 g/mol. The molecule has 0 fully saturated rings. The number of nitrogens with two attached hydrogens (primary N) is 1. The van der Waals surface area contributed by atoms with E-state index in [9.17, 15) is 12.8 Å². The molecule has 0 amide bonds. The molecule has 114 valence electrons. The SMILES string of the molecule is CCn1cc(S(=O)(=O)Nc2ccc(F)cc2CN)nc1C. The van der Waals surface area contributed by atoms with Crippen LogP contribution in [0.4, 0.5) is 10.1 Å². The highest BCUT2D eigenvalue weighted by atomic mass is 32.2. The molecule has 0 atom stereocenters. The molecular weight excluding hydrogens is 295 g/mol. The van der Waals surface area contributed by atoms with Gasteiger partial charge in [-0.05, 0) is 37.6 Å². The van der Waals surface area contributed by atoms with Crippen molar-refractivity contribution in [2.24, 2.45) is 5.73 Å². The summed E-state index contributed by atoms with van der Waals surface area (Å²) in [7, 11) is -3.83. The number of hydrogen-bond acceptors (Lipinski definition) is 4. The van der Waals surface area contributed by atoms with Crippen LogP contribution in [0.3, 0.4) is 0 Å². The maximum Gasteiger partial charge on any atom is 0.280 e. The lowest BCUT2D eigenvalue weighted by atomic mass is 10.2. The molecule has 0 aliphatic heterocycles. The van der Waals surface area contributed by atoms with Crippen molar-refractivity contribution in [2.45, 2.75) is 32.0 Å². The molecule has 0 radical (unpaired) electrons. The van der Waals surface area contributed by atoms with E-state index in [-0.39, 0.29) is 17.3 Å². The van der Waals surface area contributed by atoms with Crippen LogP contribution in [0, 0.1) is 12.7 Å². The van der Waals surface area contributed by atoms with Crippen LogP contribution >= 0.6 is 0 Å². The van der Waals surface area contributed by atoms with Crippen LogP contribution in [0.2, 0.25) is 0 Å². The first-order valence-electron chi connectivity index (χ1n) is 6.42. The number of sulfonamides is 1. The standard InChI is InChI=1S/C13H17FN4O2S/c1-3-18-8-13(16-9(18)2)21(19,20)17-12-5-4-11(14)6-10(12)7-15/h4-6,8,17H,3,7,15H2,1-2H3. The van der Waals surface area contributed by atoms with Gasteiger partial charge in [0, 0.05) is 19.3 Å². The van der Waals surface area contributed by atoms with Crippen LogP contribution in [-0.4, -0.2) is 18.0 Å². The Morgan fingerprint density at radius 1 is 1.43 bits per heavy atom. The topological polar surface area (TPSA) is 90.0 Å². The molecule has 0 bridgehead atoms. The minimum absolute atomic E-state index is 0.0258. The summed E-state index contributed by atoms with van der Waals surface area (Å²) in [6, 6.07) is 3.72. The molecular formula is C13H17FN4O2S. The summed E-state index contributed by atoms with van der Waals surface area (Å²) >= 11 is 0. The van der Waals surface area contributed by atoms with Crippen LogP contribution in [0.15, 0.2) is 29.4 Å². The summed E-state index contributed by atoms with van der Waals surface area (Å²) in [6.45, 7) is 4.27. The van der Waals surface area contributed by atoms with Gasteiger partial charge in [0.1, 0.15) is 11.6 Å². The quantitative estimate of drug-likeness (QED) is 0.877. The third-order valence-corrected chi connectivity index (χ3v) is 4.34. The Morgan fingerprint density at radius 3 is 2.71 bits per heavy atom. The van der Waals surface area contributed by atoms with Gasteiger partial charge in [-0.15, -0.1) is 0 Å². The first-order chi connectivity index (χ1) is 9.87. The number of hydrogen-bond donors (Lipinski definition) is 2. The fraction of sp³-hybridized carbons (Fsp3) is 0.308. The molecule has 3 N–H and O–H groups in total. The Balaban J connectivity index is 2.37. The van der Waals surface area contributed by atoms with Crippen molar-refractivity contribution in [3.05, 3.63) is 41.6 Å². The number of anilines is 1. The fourth-order valence-electron chi connectivity index (χ4n) is 1.96. The van der Waals surface area contributed by atoms with Gasteiger partial charge in [-0.25, -0.2) is 9.37 Å². The summed E-state index contributed by atoms with van der Waals surface area (Å²) in [6.07, 6.45) is 1.46. The molecule has 1 aromatic carbocycles. The number of halogens is 1. The van der Waals surface area contributed by atoms with Crippen molar-refractivity contribution < 1.29 is 12.8 Å². The zero-order valence-corrected chi connectivity index (χ0v) is 12.6. The molecule has 0 unspecified atom stereocenters. The summed E-state index contributed by atoms with van der Waals surface area (Å²) < 4.78 is 41.9. The minimum Gasteiger partial charge on any atom is -0.334 e. The average Bonchev–Trinajstić information content (AvgIpc) is 2.82. The van der Waals surface area contributed by atoms with E-state index in [4.69, 9.17) is 5.73 Å². The van der Waals surface area contributed by atoms with Crippen molar-refractivity contribution in [1.29, 1.82) is 0 Å². The van der Waals surface area contributed by atoms with Gasteiger partial charge in [0.05, 0.1) is 5.69 Å². The lowest BCUT2D eigenvalue weighted by Gasteiger charge is -2.10. The molecule has 21 heavy (non-hydrogen) atoms. The number of nitrogens with zero attached hydrogens (tertiary/aromatic N) is 2. The van der Waals surface area contributed by atoms with Gasteiger partial charge >= 0.3 is 0 Å². The van der Waals surface area contributed by atoms with E-state index >= 15 is 0 Å². The van der Waals surface area contributed by atoms with Gasteiger partial charge in [0.25, 0.3) is 10.0 Å². The third kappa shape index (κ3) is 3.22. The molecule has 0 aliphatic rings. The van der Waals surface area contributed by atoms with Gasteiger partial charge in [0.15, 0.2) is 5.03 Å². The number of benzene rings is 1. The second-order valence-corrected chi connectivity index (χ2v) is 6.15. The molecule has 0 saturated heterocycles. The Hall–Kier alpha value is -1.93. The molecule has 0 spiro atoms. The first kappa shape index (κ1) is 15.5. The summed E-state index contributed by atoms with van der Waals surface area (Å²) in [5, 5.41) is -0.0749. The Morgan fingerprint density at radius 2 is 2.14 bits per heavy atom. The van der Waals surface area contributed by atoms with Crippen molar-refractivity contribution in [1.82, 2.24) is 9.55 Å². The highest BCUT2D eigenvalue weighted by Gasteiger charge is 2.20. The van der Waals surface area contributed by atoms with E-state index < -0.39 is 15.8 Å². The highest BCUT2D eigenvalue weighted by Crippen LogP contribution is 2.20. The van der Waals surface area contributed by atoms with E-state index in [1.807, 2.05) is 6.92 Å². The van der Waals surface area contributed by atoms with E-state index in [2.05, 4.69) is 9.71 Å². The molecule has 0 saturated carbocycles. The Kier molecular flexibility index (Phi) is 4.29. The summed E-state index contributed by atoms with van der Waals surface area (Å²) in [5.41, 5.74) is 6.14. The number of aromatic nitrogens is 2. The van der Waals surface area contributed by atoms with Gasteiger partial charge in [-0.1, -0.05) is 0 Å². The van der Waals surface area contributed by atoms with Gasteiger partial charge in [-0.3, -0.25) is 4.72 Å². The van der Waals surface area contributed by atoms with Crippen molar-refractivity contribution in [3.63, 3.8) is 0 Å². The number of nitrogens with one attached hydrogen (secondary N) is 1. The van der Waals surface area contributed by atoms with Gasteiger partial charge in [0.2, 0.25) is 0 Å². The molecule has 6 nitrogen and oxygen atoms in total. The van der Waals surface area contributed by atoms with Crippen LogP contribution < -0.4 is 10.5 Å². The molecule has 2 rings (SSSR count). The van der Waals surface area contributed by atoms with Gasteiger partial charge in [-0.2, -0.15) is 8.42 Å². The lowest BCUT2D eigenvalue weighted by Crippen LogP contribution is -2.15. The first-order valence-corrected chi connectivity index (χ1v) is 7.90. The van der Waals surface area contributed by atoms with Crippen LogP contribution in [0.5, 0.6) is 0 Å². The minimum atomic E-state index is -3.83. The van der Waals surface area contributed by atoms with Crippen LogP contribution in [0.25, 0.3) is 0 Å². The highest BCUT2D eigenvalue weighted by molar-refractivity contribution is 7.92. The van der Waals surface area contributed by atoms with E-state index in [0.29, 0.717) is 17.9 Å². The van der Waals surface area contributed by atoms with E-state index in [1.165, 1.54) is 24.4 Å². The molecule has 1 aromatic heterocycles. The maximum atomic E-state index is 13.1. The third-order valence-electron chi connectivity index (χ3n) is 3.10. The normalized spacial score (nSPS) is 11.6. The summed E-state index contributed by atoms with van der Waals surface area (Å²) in [5.74, 6) is 0.139.